The highest BCUT2D eigenvalue weighted by molar-refractivity contribution is 5.92. The Morgan fingerprint density at radius 2 is 2.00 bits per heavy atom. The number of rotatable bonds is 2. The van der Waals surface area contributed by atoms with E-state index in [-0.39, 0.29) is 17.9 Å². The second kappa shape index (κ2) is 7.95. The summed E-state index contributed by atoms with van der Waals surface area (Å²) in [7, 11) is 1.83. The standard InChI is InChI=1S/C21H24N6O2/c1-25-8-3-9-27-19(20(25)28)13-18(24-27)16-6-10-26(11-7-16)21(29)23-17-5-2-4-15(12-17)14-22/h2,4-5,12-13,16H,3,6-11H2,1H3,(H,23,29). The van der Waals surface area contributed by atoms with E-state index in [1.807, 2.05) is 17.8 Å². The third-order valence-corrected chi connectivity index (χ3v) is 5.67. The molecular weight excluding hydrogens is 368 g/mol. The molecule has 1 aromatic heterocycles. The van der Waals surface area contributed by atoms with Gasteiger partial charge in [-0.1, -0.05) is 6.07 Å². The Morgan fingerprint density at radius 1 is 1.21 bits per heavy atom. The first kappa shape index (κ1) is 19.0. The van der Waals surface area contributed by atoms with E-state index in [9.17, 15) is 9.59 Å². The van der Waals surface area contributed by atoms with E-state index < -0.39 is 0 Å². The molecule has 0 bridgehead atoms. The number of urea groups is 1. The van der Waals surface area contributed by atoms with Gasteiger partial charge in [-0.2, -0.15) is 10.4 Å². The van der Waals surface area contributed by atoms with Gasteiger partial charge in [0.1, 0.15) is 5.69 Å². The van der Waals surface area contributed by atoms with Gasteiger partial charge in [-0.15, -0.1) is 0 Å². The fraction of sp³-hybridized carbons (Fsp3) is 0.429. The third kappa shape index (κ3) is 3.94. The Morgan fingerprint density at radius 3 is 2.76 bits per heavy atom. The van der Waals surface area contributed by atoms with Gasteiger partial charge in [0.25, 0.3) is 5.91 Å². The fourth-order valence-electron chi connectivity index (χ4n) is 3.98. The molecule has 1 saturated heterocycles. The van der Waals surface area contributed by atoms with E-state index in [4.69, 9.17) is 10.4 Å². The van der Waals surface area contributed by atoms with Crippen LogP contribution >= 0.6 is 0 Å². The van der Waals surface area contributed by atoms with E-state index in [2.05, 4.69) is 11.4 Å². The highest BCUT2D eigenvalue weighted by atomic mass is 16.2. The molecule has 2 aromatic rings. The number of carbonyl (C=O) groups is 2. The summed E-state index contributed by atoms with van der Waals surface area (Å²) in [5.41, 5.74) is 2.75. The number of fused-ring (bicyclic) bond motifs is 1. The van der Waals surface area contributed by atoms with Crippen molar-refractivity contribution >= 4 is 17.6 Å². The molecule has 8 nitrogen and oxygen atoms in total. The zero-order valence-corrected chi connectivity index (χ0v) is 16.5. The average Bonchev–Trinajstić information content (AvgIpc) is 3.12. The first-order chi connectivity index (χ1) is 14.0. The number of hydrogen-bond acceptors (Lipinski definition) is 4. The number of nitrogens with zero attached hydrogens (tertiary/aromatic N) is 5. The van der Waals surface area contributed by atoms with Crippen LogP contribution < -0.4 is 5.32 Å². The van der Waals surface area contributed by atoms with Crippen LogP contribution in [-0.2, 0) is 6.54 Å². The molecule has 4 rings (SSSR count). The molecule has 0 spiro atoms. The van der Waals surface area contributed by atoms with Gasteiger partial charge in [0.2, 0.25) is 0 Å². The molecule has 0 radical (unpaired) electrons. The van der Waals surface area contributed by atoms with Gasteiger partial charge in [0.05, 0.1) is 17.3 Å². The molecule has 2 aliphatic heterocycles. The summed E-state index contributed by atoms with van der Waals surface area (Å²) >= 11 is 0. The normalized spacial score (nSPS) is 17.4. The highest BCUT2D eigenvalue weighted by Crippen LogP contribution is 2.29. The van der Waals surface area contributed by atoms with Crippen molar-refractivity contribution in [3.63, 3.8) is 0 Å². The molecule has 0 saturated carbocycles. The molecule has 150 valence electrons. The Balaban J connectivity index is 1.38. The summed E-state index contributed by atoms with van der Waals surface area (Å²) in [6, 6.07) is 10.7. The minimum Gasteiger partial charge on any atom is -0.340 e. The van der Waals surface area contributed by atoms with Crippen LogP contribution in [0.3, 0.4) is 0 Å². The molecule has 1 aromatic carbocycles. The van der Waals surface area contributed by atoms with Gasteiger partial charge in [0.15, 0.2) is 0 Å². The monoisotopic (exact) mass is 392 g/mol. The number of aromatic nitrogens is 2. The predicted octanol–water partition coefficient (Wildman–Crippen LogP) is 2.64. The number of piperidine rings is 1. The van der Waals surface area contributed by atoms with Crippen LogP contribution in [0.15, 0.2) is 30.3 Å². The van der Waals surface area contributed by atoms with Crippen molar-refractivity contribution in [1.82, 2.24) is 19.6 Å². The van der Waals surface area contributed by atoms with Gasteiger partial charge in [-0.25, -0.2) is 4.79 Å². The van der Waals surface area contributed by atoms with E-state index >= 15 is 0 Å². The topological polar surface area (TPSA) is 94.3 Å². The van der Waals surface area contributed by atoms with Gasteiger partial charge in [-0.3, -0.25) is 9.48 Å². The Bertz CT molecular complexity index is 968. The first-order valence-electron chi connectivity index (χ1n) is 9.94. The van der Waals surface area contributed by atoms with Gasteiger partial charge in [-0.05, 0) is 43.5 Å². The molecule has 3 amide bonds. The first-order valence-corrected chi connectivity index (χ1v) is 9.94. The zero-order valence-electron chi connectivity index (χ0n) is 16.5. The number of nitriles is 1. The minimum absolute atomic E-state index is 0.0256. The minimum atomic E-state index is -0.157. The van der Waals surface area contributed by atoms with Crippen LogP contribution in [0.1, 0.15) is 46.9 Å². The molecule has 0 unspecified atom stereocenters. The van der Waals surface area contributed by atoms with Gasteiger partial charge < -0.3 is 15.1 Å². The molecule has 2 aliphatic rings. The van der Waals surface area contributed by atoms with E-state index in [1.165, 1.54) is 0 Å². The Kier molecular flexibility index (Phi) is 5.21. The SMILES string of the molecule is CN1CCCn2nc(C3CCN(C(=O)Nc4cccc(C#N)c4)CC3)cc2C1=O. The molecule has 0 aliphatic carbocycles. The fourth-order valence-corrected chi connectivity index (χ4v) is 3.98. The molecule has 1 N–H and O–H groups in total. The van der Waals surface area contributed by atoms with Crippen molar-refractivity contribution < 1.29 is 9.59 Å². The second-order valence-corrected chi connectivity index (χ2v) is 7.64. The number of aryl methyl sites for hydroxylation is 1. The Labute approximate surface area is 169 Å². The predicted molar refractivity (Wildman–Crippen MR) is 108 cm³/mol. The lowest BCUT2D eigenvalue weighted by atomic mass is 9.93. The highest BCUT2D eigenvalue weighted by Gasteiger charge is 2.28. The molecular formula is C21H24N6O2. The van der Waals surface area contributed by atoms with Crippen molar-refractivity contribution in [2.75, 3.05) is 32.0 Å². The summed E-state index contributed by atoms with van der Waals surface area (Å²) in [5.74, 6) is 0.274. The number of nitrogens with one attached hydrogen (secondary N) is 1. The lowest BCUT2D eigenvalue weighted by Gasteiger charge is -2.31. The maximum absolute atomic E-state index is 12.5. The van der Waals surface area contributed by atoms with Gasteiger partial charge in [0, 0.05) is 44.8 Å². The molecule has 8 heteroatoms. The van der Waals surface area contributed by atoms with Crippen LogP contribution in [-0.4, -0.2) is 58.2 Å². The number of anilines is 1. The Hall–Kier alpha value is -3.34. The number of carbonyl (C=O) groups excluding carboxylic acids is 2. The van der Waals surface area contributed by atoms with Crippen LogP contribution in [0.2, 0.25) is 0 Å². The van der Waals surface area contributed by atoms with Crippen LogP contribution in [0.4, 0.5) is 10.5 Å². The van der Waals surface area contributed by atoms with E-state index in [0.717, 1.165) is 38.0 Å². The van der Waals surface area contributed by atoms with Crippen LogP contribution in [0.25, 0.3) is 0 Å². The number of hydrogen-bond donors (Lipinski definition) is 1. The van der Waals surface area contributed by atoms with Crippen molar-refractivity contribution in [1.29, 1.82) is 5.26 Å². The third-order valence-electron chi connectivity index (χ3n) is 5.67. The quantitative estimate of drug-likeness (QED) is 0.850. The molecule has 1 fully saturated rings. The summed E-state index contributed by atoms with van der Waals surface area (Å²) in [6.45, 7) is 2.77. The average molecular weight is 392 g/mol. The summed E-state index contributed by atoms with van der Waals surface area (Å²) < 4.78 is 1.84. The molecule has 3 heterocycles. The van der Waals surface area contributed by atoms with Crippen molar-refractivity contribution in [2.24, 2.45) is 0 Å². The maximum atomic E-state index is 12.5. The summed E-state index contributed by atoms with van der Waals surface area (Å²) in [6.07, 6.45) is 2.53. The van der Waals surface area contributed by atoms with Crippen molar-refractivity contribution in [2.45, 2.75) is 31.7 Å². The second-order valence-electron chi connectivity index (χ2n) is 7.64. The molecule has 0 atom stereocenters. The largest absolute Gasteiger partial charge is 0.340 e. The number of benzene rings is 1. The summed E-state index contributed by atoms with van der Waals surface area (Å²) in [5, 5.41) is 16.5. The summed E-state index contributed by atoms with van der Waals surface area (Å²) in [4.78, 5) is 28.6. The maximum Gasteiger partial charge on any atom is 0.321 e. The van der Waals surface area contributed by atoms with E-state index in [0.29, 0.717) is 30.0 Å². The lowest BCUT2D eigenvalue weighted by molar-refractivity contribution is 0.0796. The lowest BCUT2D eigenvalue weighted by Crippen LogP contribution is -2.40. The zero-order chi connectivity index (χ0) is 20.4. The smallest absolute Gasteiger partial charge is 0.321 e. The number of likely N-dealkylation sites (tertiary alicyclic amines) is 1. The molecule has 29 heavy (non-hydrogen) atoms. The van der Waals surface area contributed by atoms with Gasteiger partial charge >= 0.3 is 6.03 Å². The van der Waals surface area contributed by atoms with Crippen LogP contribution in [0, 0.1) is 11.3 Å². The number of amides is 3. The van der Waals surface area contributed by atoms with Crippen molar-refractivity contribution in [3.8, 4) is 6.07 Å². The van der Waals surface area contributed by atoms with Crippen molar-refractivity contribution in [3.05, 3.63) is 47.3 Å². The van der Waals surface area contributed by atoms with Crippen LogP contribution in [0.5, 0.6) is 0 Å². The van der Waals surface area contributed by atoms with E-state index in [1.54, 1.807) is 34.1 Å².